The minimum atomic E-state index is 0.372. The summed E-state index contributed by atoms with van der Waals surface area (Å²) < 4.78 is 0. The summed E-state index contributed by atoms with van der Waals surface area (Å²) in [4.78, 5) is 29.2. The van der Waals surface area contributed by atoms with Gasteiger partial charge in [-0.15, -0.1) is 0 Å². The molecule has 0 aromatic heterocycles. The van der Waals surface area contributed by atoms with E-state index < -0.39 is 0 Å². The van der Waals surface area contributed by atoms with Crippen LogP contribution in [0.2, 0.25) is 0 Å². The van der Waals surface area contributed by atoms with Gasteiger partial charge in [0.2, 0.25) is 11.8 Å². The molecule has 4 atom stereocenters. The van der Waals surface area contributed by atoms with Gasteiger partial charge in [0.25, 0.3) is 0 Å². The third kappa shape index (κ3) is 7.27. The molecule has 4 heteroatoms. The number of likely N-dealkylation sites (tertiary alicyclic amines) is 2. The number of rotatable bonds is 13. The summed E-state index contributed by atoms with van der Waals surface area (Å²) in [6, 6.07) is 0. The summed E-state index contributed by atoms with van der Waals surface area (Å²) in [5.41, 5.74) is 0. The van der Waals surface area contributed by atoms with Crippen molar-refractivity contribution < 1.29 is 9.59 Å². The third-order valence-electron chi connectivity index (χ3n) is 7.99. The lowest BCUT2D eigenvalue weighted by Gasteiger charge is -2.16. The normalized spacial score (nSPS) is 26.5. The van der Waals surface area contributed by atoms with Gasteiger partial charge in [-0.3, -0.25) is 9.59 Å². The lowest BCUT2D eigenvalue weighted by Crippen LogP contribution is -2.28. The topological polar surface area (TPSA) is 40.6 Å². The summed E-state index contributed by atoms with van der Waals surface area (Å²) in [6.45, 7) is 12.9. The number of hydrogen-bond donors (Lipinski definition) is 0. The molecule has 2 rings (SSSR count). The highest BCUT2D eigenvalue weighted by Gasteiger charge is 2.33. The van der Waals surface area contributed by atoms with Crippen molar-refractivity contribution in [2.24, 2.45) is 23.7 Å². The molecule has 0 aliphatic carbocycles. The van der Waals surface area contributed by atoms with Gasteiger partial charge >= 0.3 is 0 Å². The zero-order chi connectivity index (χ0) is 21.9. The molecule has 2 aliphatic rings. The Kier molecular flexibility index (Phi) is 11.2. The van der Waals surface area contributed by atoms with Crippen LogP contribution in [0, 0.1) is 23.7 Å². The fraction of sp³-hybridized carbons (Fsp3) is 0.923. The molecule has 0 aromatic rings. The van der Waals surface area contributed by atoms with Crippen LogP contribution in [0.5, 0.6) is 0 Å². The number of nitrogens with zero attached hydrogens (tertiary/aromatic N) is 2. The van der Waals surface area contributed by atoms with Crippen LogP contribution in [0.4, 0.5) is 0 Å². The lowest BCUT2D eigenvalue weighted by atomic mass is 9.92. The zero-order valence-corrected chi connectivity index (χ0v) is 20.3. The van der Waals surface area contributed by atoms with Gasteiger partial charge in [0.15, 0.2) is 0 Å². The number of hydrogen-bond acceptors (Lipinski definition) is 2. The van der Waals surface area contributed by atoms with E-state index in [0.717, 1.165) is 64.7 Å². The molecule has 2 saturated heterocycles. The first-order chi connectivity index (χ1) is 14.5. The molecule has 2 aliphatic heterocycles. The van der Waals surface area contributed by atoms with Crippen LogP contribution < -0.4 is 0 Å². The van der Waals surface area contributed by atoms with E-state index in [2.05, 4.69) is 37.5 Å². The van der Waals surface area contributed by atoms with E-state index in [4.69, 9.17) is 0 Å². The Hall–Kier alpha value is -1.06. The van der Waals surface area contributed by atoms with Crippen LogP contribution in [0.3, 0.4) is 0 Å². The van der Waals surface area contributed by atoms with E-state index >= 15 is 0 Å². The number of carbonyl (C=O) groups excluding carboxylic acids is 2. The van der Waals surface area contributed by atoms with Crippen molar-refractivity contribution >= 4 is 11.8 Å². The minimum absolute atomic E-state index is 0.372. The Morgan fingerprint density at radius 3 is 1.07 bits per heavy atom. The maximum Gasteiger partial charge on any atom is 0.222 e. The van der Waals surface area contributed by atoms with E-state index in [9.17, 15) is 9.59 Å². The van der Waals surface area contributed by atoms with Crippen molar-refractivity contribution in [3.05, 3.63) is 0 Å². The highest BCUT2D eigenvalue weighted by atomic mass is 16.2. The Labute approximate surface area is 186 Å². The van der Waals surface area contributed by atoms with Gasteiger partial charge in [0, 0.05) is 39.0 Å². The molecule has 174 valence electrons. The molecule has 4 unspecified atom stereocenters. The maximum absolute atomic E-state index is 12.5. The molecule has 2 amide bonds. The first-order valence-corrected chi connectivity index (χ1v) is 13.1. The zero-order valence-electron chi connectivity index (χ0n) is 20.3. The highest BCUT2D eigenvalue weighted by molar-refractivity contribution is 5.76. The van der Waals surface area contributed by atoms with Crippen molar-refractivity contribution in [2.45, 2.75) is 105 Å². The van der Waals surface area contributed by atoms with Crippen molar-refractivity contribution in [1.29, 1.82) is 0 Å². The predicted octanol–water partition coefficient (Wildman–Crippen LogP) is 5.90. The lowest BCUT2D eigenvalue weighted by molar-refractivity contribution is -0.131. The molecule has 0 aromatic carbocycles. The van der Waals surface area contributed by atoms with E-state index in [1.807, 2.05) is 0 Å². The quantitative estimate of drug-likeness (QED) is 0.348. The molecular formula is C26H48N2O2. The van der Waals surface area contributed by atoms with E-state index in [-0.39, 0.29) is 0 Å². The van der Waals surface area contributed by atoms with Gasteiger partial charge in [0.1, 0.15) is 0 Å². The Morgan fingerprint density at radius 2 is 0.800 bits per heavy atom. The van der Waals surface area contributed by atoms with E-state index in [1.165, 1.54) is 38.5 Å². The number of unbranched alkanes of at least 4 members (excludes halogenated alkanes) is 5. The third-order valence-corrected chi connectivity index (χ3v) is 7.99. The van der Waals surface area contributed by atoms with E-state index in [1.54, 1.807) is 0 Å². The van der Waals surface area contributed by atoms with Gasteiger partial charge in [-0.1, -0.05) is 79.1 Å². The van der Waals surface area contributed by atoms with Gasteiger partial charge in [-0.25, -0.2) is 0 Å². The first kappa shape index (κ1) is 25.2. The van der Waals surface area contributed by atoms with Crippen LogP contribution >= 0.6 is 0 Å². The van der Waals surface area contributed by atoms with Crippen LogP contribution in [0.1, 0.15) is 105 Å². The van der Waals surface area contributed by atoms with Crippen LogP contribution in [-0.4, -0.2) is 47.8 Å². The summed E-state index contributed by atoms with van der Waals surface area (Å²) >= 11 is 0. The summed E-state index contributed by atoms with van der Waals surface area (Å²) in [6.07, 6.45) is 12.9. The second kappa shape index (κ2) is 13.4. The predicted molar refractivity (Wildman–Crippen MR) is 125 cm³/mol. The molecule has 30 heavy (non-hydrogen) atoms. The summed E-state index contributed by atoms with van der Waals surface area (Å²) in [5.74, 6) is 3.59. The standard InChI is InChI=1S/C26H48N2O2/c1-5-21-17-27(18-22(21)6-2)25(29)15-13-11-9-10-12-14-16-26(30)28-19-23(7-3)24(8-4)20-28/h21-24H,5-20H2,1-4H3. The van der Waals surface area contributed by atoms with Gasteiger partial charge < -0.3 is 9.80 Å². The van der Waals surface area contributed by atoms with Gasteiger partial charge in [0.05, 0.1) is 0 Å². The summed E-state index contributed by atoms with van der Waals surface area (Å²) in [7, 11) is 0. The van der Waals surface area contributed by atoms with Crippen molar-refractivity contribution in [3.8, 4) is 0 Å². The Balaban J connectivity index is 1.49. The molecule has 4 nitrogen and oxygen atoms in total. The number of carbonyl (C=O) groups is 2. The molecule has 2 heterocycles. The van der Waals surface area contributed by atoms with Crippen molar-refractivity contribution in [2.75, 3.05) is 26.2 Å². The Bertz CT molecular complexity index is 451. The Morgan fingerprint density at radius 1 is 0.533 bits per heavy atom. The monoisotopic (exact) mass is 420 g/mol. The molecule has 0 spiro atoms. The highest BCUT2D eigenvalue weighted by Crippen LogP contribution is 2.30. The average molecular weight is 421 g/mol. The van der Waals surface area contributed by atoms with Crippen LogP contribution in [0.15, 0.2) is 0 Å². The fourth-order valence-electron chi connectivity index (χ4n) is 5.71. The average Bonchev–Trinajstić information content (AvgIpc) is 3.38. The SMILES string of the molecule is CCC1CN(C(=O)CCCCCCCCC(=O)N2CC(CC)C(CC)C2)CC1CC. The minimum Gasteiger partial charge on any atom is -0.342 e. The van der Waals surface area contributed by atoms with Crippen molar-refractivity contribution in [1.82, 2.24) is 9.80 Å². The molecule has 0 saturated carbocycles. The van der Waals surface area contributed by atoms with Gasteiger partial charge in [-0.05, 0) is 36.5 Å². The first-order valence-electron chi connectivity index (χ1n) is 13.1. The summed E-state index contributed by atoms with van der Waals surface area (Å²) in [5, 5.41) is 0. The van der Waals surface area contributed by atoms with Gasteiger partial charge in [-0.2, -0.15) is 0 Å². The van der Waals surface area contributed by atoms with Crippen LogP contribution in [0.25, 0.3) is 0 Å². The van der Waals surface area contributed by atoms with Crippen LogP contribution in [-0.2, 0) is 9.59 Å². The molecular weight excluding hydrogens is 372 g/mol. The largest absolute Gasteiger partial charge is 0.342 e. The molecule has 0 radical (unpaired) electrons. The molecule has 2 fully saturated rings. The second-order valence-electron chi connectivity index (χ2n) is 9.89. The fourth-order valence-corrected chi connectivity index (χ4v) is 5.71. The molecule has 0 bridgehead atoms. The second-order valence-corrected chi connectivity index (χ2v) is 9.89. The maximum atomic E-state index is 12.5. The number of amides is 2. The smallest absolute Gasteiger partial charge is 0.222 e. The molecule has 0 N–H and O–H groups in total. The van der Waals surface area contributed by atoms with Crippen molar-refractivity contribution in [3.63, 3.8) is 0 Å². The van der Waals surface area contributed by atoms with E-state index in [0.29, 0.717) is 35.5 Å².